The van der Waals surface area contributed by atoms with Crippen LogP contribution >= 0.6 is 0 Å². The predicted molar refractivity (Wildman–Crippen MR) is 66.0 cm³/mol. The monoisotopic (exact) mass is 238 g/mol. The number of ketones is 1. The van der Waals surface area contributed by atoms with E-state index < -0.39 is 5.66 Å². The van der Waals surface area contributed by atoms with Crippen molar-refractivity contribution in [2.45, 2.75) is 38.3 Å². The quantitative estimate of drug-likeness (QED) is 0.453. The van der Waals surface area contributed by atoms with Crippen molar-refractivity contribution in [1.29, 1.82) is 0 Å². The number of benzene rings is 1. The van der Waals surface area contributed by atoms with Gasteiger partial charge in [-0.2, -0.15) is 0 Å². The third-order valence-corrected chi connectivity index (χ3v) is 2.72. The number of unbranched alkanes of at least 4 members (excludes halogenated alkanes) is 2. The molecule has 94 valence electrons. The van der Waals surface area contributed by atoms with Crippen LogP contribution in [-0.4, -0.2) is 11.4 Å². The van der Waals surface area contributed by atoms with Crippen LogP contribution in [0.5, 0.6) is 0 Å². The van der Waals surface area contributed by atoms with Gasteiger partial charge < -0.3 is 11.5 Å². The van der Waals surface area contributed by atoms with Gasteiger partial charge in [-0.25, -0.2) is 4.39 Å². The molecule has 0 aromatic heterocycles. The summed E-state index contributed by atoms with van der Waals surface area (Å²) >= 11 is 0. The highest BCUT2D eigenvalue weighted by atomic mass is 19.1. The van der Waals surface area contributed by atoms with Crippen LogP contribution in [-0.2, 0) is 0 Å². The Morgan fingerprint density at radius 2 is 1.82 bits per heavy atom. The topological polar surface area (TPSA) is 69.1 Å². The van der Waals surface area contributed by atoms with Crippen molar-refractivity contribution >= 4 is 5.78 Å². The molecular weight excluding hydrogens is 219 g/mol. The zero-order valence-electron chi connectivity index (χ0n) is 10.1. The second kappa shape index (κ2) is 5.89. The lowest BCUT2D eigenvalue weighted by Crippen LogP contribution is -2.56. The Hall–Kier alpha value is -1.26. The first-order chi connectivity index (χ1) is 7.97. The van der Waals surface area contributed by atoms with Gasteiger partial charge in [-0.15, -0.1) is 0 Å². The van der Waals surface area contributed by atoms with Crippen LogP contribution in [0.1, 0.15) is 43.0 Å². The van der Waals surface area contributed by atoms with Gasteiger partial charge in [-0.1, -0.05) is 19.8 Å². The first-order valence-corrected chi connectivity index (χ1v) is 5.85. The highest BCUT2D eigenvalue weighted by molar-refractivity contribution is 6.02. The molecule has 1 aromatic rings. The molecular formula is C13H19FN2O. The molecule has 0 radical (unpaired) electrons. The van der Waals surface area contributed by atoms with E-state index in [1.165, 1.54) is 24.3 Å². The molecule has 0 aliphatic rings. The first-order valence-electron chi connectivity index (χ1n) is 5.85. The largest absolute Gasteiger partial charge is 0.307 e. The Balaban J connectivity index is 2.70. The number of nitrogens with two attached hydrogens (primary N) is 2. The van der Waals surface area contributed by atoms with Crippen LogP contribution in [0, 0.1) is 5.82 Å². The van der Waals surface area contributed by atoms with Crippen LogP contribution in [0.3, 0.4) is 0 Å². The van der Waals surface area contributed by atoms with E-state index in [4.69, 9.17) is 11.5 Å². The molecule has 17 heavy (non-hydrogen) atoms. The lowest BCUT2D eigenvalue weighted by atomic mass is 9.94. The Bertz CT molecular complexity index is 374. The van der Waals surface area contributed by atoms with E-state index >= 15 is 0 Å². The lowest BCUT2D eigenvalue weighted by molar-refractivity contribution is 0.0881. The maximum absolute atomic E-state index is 12.7. The number of carbonyl (C=O) groups excluding carboxylic acids is 1. The third-order valence-electron chi connectivity index (χ3n) is 2.72. The van der Waals surface area contributed by atoms with Gasteiger partial charge in [-0.05, 0) is 37.1 Å². The standard InChI is InChI=1S/C13H19FN2O/c1-2-3-4-9-13(15,16)12(17)10-5-7-11(14)8-6-10/h5-8H,2-4,9,15-16H2,1H3. The minimum absolute atomic E-state index is 0.339. The summed E-state index contributed by atoms with van der Waals surface area (Å²) in [6.45, 7) is 2.07. The summed E-state index contributed by atoms with van der Waals surface area (Å²) in [5.41, 5.74) is 10.6. The summed E-state index contributed by atoms with van der Waals surface area (Å²) < 4.78 is 12.7. The molecule has 1 rings (SSSR count). The second-order valence-corrected chi connectivity index (χ2v) is 4.33. The van der Waals surface area contributed by atoms with Crippen LogP contribution in [0.25, 0.3) is 0 Å². The van der Waals surface area contributed by atoms with Gasteiger partial charge in [0.1, 0.15) is 11.5 Å². The van der Waals surface area contributed by atoms with Crippen molar-refractivity contribution in [3.63, 3.8) is 0 Å². The molecule has 4 heteroatoms. The van der Waals surface area contributed by atoms with E-state index in [0.717, 1.165) is 19.3 Å². The Labute approximate surface area is 101 Å². The fraction of sp³-hybridized carbons (Fsp3) is 0.462. The molecule has 3 nitrogen and oxygen atoms in total. The van der Waals surface area contributed by atoms with Crippen molar-refractivity contribution in [1.82, 2.24) is 0 Å². The Morgan fingerprint density at radius 3 is 2.35 bits per heavy atom. The normalized spacial score (nSPS) is 11.5. The van der Waals surface area contributed by atoms with Crippen LogP contribution in [0.4, 0.5) is 4.39 Å². The van der Waals surface area contributed by atoms with Gasteiger partial charge in [0.2, 0.25) is 0 Å². The highest BCUT2D eigenvalue weighted by Gasteiger charge is 2.29. The Morgan fingerprint density at radius 1 is 1.24 bits per heavy atom. The average Bonchev–Trinajstić information content (AvgIpc) is 2.29. The SMILES string of the molecule is CCCCCC(N)(N)C(=O)c1ccc(F)cc1. The van der Waals surface area contributed by atoms with E-state index in [0.29, 0.717) is 12.0 Å². The van der Waals surface area contributed by atoms with Crippen molar-refractivity contribution in [3.8, 4) is 0 Å². The molecule has 0 saturated heterocycles. The minimum Gasteiger partial charge on any atom is -0.307 e. The number of hydrogen-bond donors (Lipinski definition) is 2. The maximum Gasteiger partial charge on any atom is 0.196 e. The van der Waals surface area contributed by atoms with Crippen molar-refractivity contribution in [2.75, 3.05) is 0 Å². The predicted octanol–water partition coefficient (Wildman–Crippen LogP) is 2.20. The molecule has 0 saturated carbocycles. The Kier molecular flexibility index (Phi) is 4.78. The van der Waals surface area contributed by atoms with E-state index in [1.54, 1.807) is 0 Å². The van der Waals surface area contributed by atoms with Crippen LogP contribution in [0.15, 0.2) is 24.3 Å². The smallest absolute Gasteiger partial charge is 0.196 e. The molecule has 0 amide bonds. The van der Waals surface area contributed by atoms with E-state index in [9.17, 15) is 9.18 Å². The molecule has 0 heterocycles. The van der Waals surface area contributed by atoms with Crippen LogP contribution in [0.2, 0.25) is 0 Å². The number of carbonyl (C=O) groups is 1. The minimum atomic E-state index is -1.35. The molecule has 0 unspecified atom stereocenters. The van der Waals surface area contributed by atoms with Crippen molar-refractivity contribution in [3.05, 3.63) is 35.6 Å². The molecule has 0 aliphatic heterocycles. The van der Waals surface area contributed by atoms with Gasteiger partial charge >= 0.3 is 0 Å². The number of Topliss-reactive ketones (excluding diaryl/α,β-unsaturated/α-hetero) is 1. The van der Waals surface area contributed by atoms with E-state index in [1.807, 2.05) is 0 Å². The van der Waals surface area contributed by atoms with Crippen molar-refractivity contribution in [2.24, 2.45) is 11.5 Å². The lowest BCUT2D eigenvalue weighted by Gasteiger charge is -2.22. The third kappa shape index (κ3) is 3.91. The van der Waals surface area contributed by atoms with Crippen molar-refractivity contribution < 1.29 is 9.18 Å². The van der Waals surface area contributed by atoms with Gasteiger partial charge in [0.15, 0.2) is 5.78 Å². The summed E-state index contributed by atoms with van der Waals surface area (Å²) in [4.78, 5) is 12.0. The molecule has 0 bridgehead atoms. The molecule has 0 atom stereocenters. The summed E-state index contributed by atoms with van der Waals surface area (Å²) in [6.07, 6.45) is 3.29. The zero-order valence-corrected chi connectivity index (χ0v) is 10.1. The fourth-order valence-electron chi connectivity index (χ4n) is 1.65. The first kappa shape index (κ1) is 13.8. The van der Waals surface area contributed by atoms with Gasteiger partial charge in [0, 0.05) is 5.56 Å². The van der Waals surface area contributed by atoms with Gasteiger partial charge in [-0.3, -0.25) is 4.79 Å². The summed E-state index contributed by atoms with van der Waals surface area (Å²) in [7, 11) is 0. The highest BCUT2D eigenvalue weighted by Crippen LogP contribution is 2.14. The summed E-state index contributed by atoms with van der Waals surface area (Å²) in [5, 5.41) is 0. The van der Waals surface area contributed by atoms with Gasteiger partial charge in [0.05, 0.1) is 0 Å². The number of hydrogen-bond acceptors (Lipinski definition) is 3. The second-order valence-electron chi connectivity index (χ2n) is 4.33. The zero-order chi connectivity index (χ0) is 12.9. The molecule has 4 N–H and O–H groups in total. The molecule has 1 aromatic carbocycles. The van der Waals surface area contributed by atoms with Crippen LogP contribution < -0.4 is 11.5 Å². The summed E-state index contributed by atoms with van der Waals surface area (Å²) in [5.74, 6) is -0.722. The molecule has 0 aliphatic carbocycles. The average molecular weight is 238 g/mol. The number of halogens is 1. The maximum atomic E-state index is 12.7. The molecule has 0 spiro atoms. The fourth-order valence-corrected chi connectivity index (χ4v) is 1.65. The summed E-state index contributed by atoms with van der Waals surface area (Å²) in [6, 6.07) is 5.28. The molecule has 0 fully saturated rings. The van der Waals surface area contributed by atoms with E-state index in [2.05, 4.69) is 6.92 Å². The number of rotatable bonds is 6. The van der Waals surface area contributed by atoms with Gasteiger partial charge in [0.25, 0.3) is 0 Å². The van der Waals surface area contributed by atoms with E-state index in [-0.39, 0.29) is 11.6 Å².